The molecule has 3 heterocycles. The molecule has 1 N–H and O–H groups in total. The van der Waals surface area contributed by atoms with Crippen LogP contribution < -0.4 is 5.32 Å². The molecular formula is C28H35N3O2S. The summed E-state index contributed by atoms with van der Waals surface area (Å²) >= 11 is 1.65. The van der Waals surface area contributed by atoms with E-state index >= 15 is 0 Å². The van der Waals surface area contributed by atoms with Crippen molar-refractivity contribution in [1.82, 2.24) is 14.8 Å². The van der Waals surface area contributed by atoms with Crippen molar-refractivity contribution in [3.8, 4) is 0 Å². The molecule has 5 rings (SSSR count). The minimum absolute atomic E-state index is 0.0120. The van der Waals surface area contributed by atoms with Gasteiger partial charge in [0.25, 0.3) is 5.91 Å². The Balaban J connectivity index is 1.45. The van der Waals surface area contributed by atoms with Gasteiger partial charge in [0.15, 0.2) is 0 Å². The zero-order chi connectivity index (χ0) is 23.7. The first kappa shape index (κ1) is 23.2. The standard InChI is InChI=1S/C28H35N3O2S/c1-20(14-15-21-10-6-5-7-11-21)31-26(32)24-18-25-23(16-17-34-25)30(24)19-28(31,2)27(33)29-22-12-8-3-4-9-13-22/h5-7,10-11,16-18,20,22H,3-4,8-9,12-15,19H2,1-2H3,(H,29,33). The number of aryl methyl sites for hydroxylation is 1. The van der Waals surface area contributed by atoms with Gasteiger partial charge < -0.3 is 14.8 Å². The Morgan fingerprint density at radius 3 is 2.62 bits per heavy atom. The smallest absolute Gasteiger partial charge is 0.271 e. The number of nitrogens with zero attached hydrogens (tertiary/aromatic N) is 2. The van der Waals surface area contributed by atoms with Crippen LogP contribution in [0.1, 0.15) is 74.8 Å². The molecule has 0 spiro atoms. The fraction of sp³-hybridized carbons (Fsp3) is 0.500. The molecular weight excluding hydrogens is 442 g/mol. The summed E-state index contributed by atoms with van der Waals surface area (Å²) in [6, 6.07) is 14.6. The molecule has 0 radical (unpaired) electrons. The van der Waals surface area contributed by atoms with Crippen molar-refractivity contribution < 1.29 is 9.59 Å². The predicted molar refractivity (Wildman–Crippen MR) is 138 cm³/mol. The van der Waals surface area contributed by atoms with Gasteiger partial charge in [0.1, 0.15) is 11.2 Å². The molecule has 2 amide bonds. The molecule has 34 heavy (non-hydrogen) atoms. The van der Waals surface area contributed by atoms with Gasteiger partial charge in [0.05, 0.1) is 16.8 Å². The Morgan fingerprint density at radius 2 is 1.88 bits per heavy atom. The minimum Gasteiger partial charge on any atom is -0.351 e. The van der Waals surface area contributed by atoms with Crippen LogP contribution in [0.5, 0.6) is 0 Å². The largest absolute Gasteiger partial charge is 0.351 e. The number of hydrogen-bond acceptors (Lipinski definition) is 3. The highest BCUT2D eigenvalue weighted by atomic mass is 32.1. The van der Waals surface area contributed by atoms with Crippen LogP contribution in [0, 0.1) is 0 Å². The highest BCUT2D eigenvalue weighted by Crippen LogP contribution is 2.36. The number of fused-ring (bicyclic) bond motifs is 3. The molecule has 3 aromatic rings. The Morgan fingerprint density at radius 1 is 1.15 bits per heavy atom. The van der Waals surface area contributed by atoms with Crippen LogP contribution in [0.3, 0.4) is 0 Å². The lowest BCUT2D eigenvalue weighted by Crippen LogP contribution is -2.67. The molecule has 1 saturated carbocycles. The van der Waals surface area contributed by atoms with Gasteiger partial charge in [-0.2, -0.15) is 0 Å². The van der Waals surface area contributed by atoms with Crippen molar-refractivity contribution in [1.29, 1.82) is 0 Å². The van der Waals surface area contributed by atoms with E-state index in [0.29, 0.717) is 12.2 Å². The molecule has 0 bridgehead atoms. The molecule has 5 nitrogen and oxygen atoms in total. The fourth-order valence-corrected chi connectivity index (χ4v) is 6.66. The molecule has 2 unspecified atom stereocenters. The van der Waals surface area contributed by atoms with E-state index in [9.17, 15) is 9.59 Å². The lowest BCUT2D eigenvalue weighted by Gasteiger charge is -2.47. The first-order valence-electron chi connectivity index (χ1n) is 12.7. The quantitative estimate of drug-likeness (QED) is 0.458. The third kappa shape index (κ3) is 4.28. The Kier molecular flexibility index (Phi) is 6.52. The number of aromatic nitrogens is 1. The summed E-state index contributed by atoms with van der Waals surface area (Å²) in [6.45, 7) is 4.55. The van der Waals surface area contributed by atoms with Gasteiger partial charge >= 0.3 is 0 Å². The Hall–Kier alpha value is -2.60. The van der Waals surface area contributed by atoms with Gasteiger partial charge in [-0.1, -0.05) is 56.0 Å². The zero-order valence-electron chi connectivity index (χ0n) is 20.3. The first-order chi connectivity index (χ1) is 16.5. The molecule has 1 aliphatic heterocycles. The molecule has 2 aliphatic rings. The van der Waals surface area contributed by atoms with Crippen molar-refractivity contribution >= 4 is 33.4 Å². The molecule has 1 fully saturated rings. The molecule has 1 aromatic carbocycles. The van der Waals surface area contributed by atoms with E-state index in [1.807, 2.05) is 24.0 Å². The second-order valence-electron chi connectivity index (χ2n) is 10.3. The number of thiophene rings is 1. The second-order valence-corrected chi connectivity index (χ2v) is 11.2. The van der Waals surface area contributed by atoms with Crippen LogP contribution in [-0.4, -0.2) is 38.9 Å². The maximum absolute atomic E-state index is 13.9. The van der Waals surface area contributed by atoms with Crippen LogP contribution in [0.4, 0.5) is 0 Å². The molecule has 180 valence electrons. The van der Waals surface area contributed by atoms with Gasteiger partial charge in [-0.05, 0) is 62.6 Å². The molecule has 6 heteroatoms. The third-order valence-electron chi connectivity index (χ3n) is 7.77. The monoisotopic (exact) mass is 477 g/mol. The average molecular weight is 478 g/mol. The summed E-state index contributed by atoms with van der Waals surface area (Å²) in [5.74, 6) is -0.0456. The molecule has 2 aromatic heterocycles. The number of benzene rings is 1. The van der Waals surface area contributed by atoms with Crippen molar-refractivity contribution in [2.75, 3.05) is 0 Å². The van der Waals surface area contributed by atoms with E-state index in [-0.39, 0.29) is 23.9 Å². The number of carbonyl (C=O) groups is 2. The minimum atomic E-state index is -0.930. The number of hydrogen-bond donors (Lipinski definition) is 1. The van der Waals surface area contributed by atoms with Crippen molar-refractivity contribution in [3.05, 3.63) is 59.1 Å². The van der Waals surface area contributed by atoms with Gasteiger partial charge in [0, 0.05) is 12.1 Å². The molecule has 1 aliphatic carbocycles. The SMILES string of the molecule is CC(CCc1ccccc1)N1C(=O)c2cc3sccc3n2CC1(C)C(=O)NC1CCCCCC1. The van der Waals surface area contributed by atoms with E-state index in [0.717, 1.165) is 48.7 Å². The van der Waals surface area contributed by atoms with Gasteiger partial charge in [-0.3, -0.25) is 9.59 Å². The lowest BCUT2D eigenvalue weighted by atomic mass is 9.90. The van der Waals surface area contributed by atoms with Gasteiger partial charge in [0.2, 0.25) is 5.91 Å². The highest BCUT2D eigenvalue weighted by Gasteiger charge is 2.49. The van der Waals surface area contributed by atoms with E-state index in [1.165, 1.54) is 18.4 Å². The summed E-state index contributed by atoms with van der Waals surface area (Å²) in [5, 5.41) is 5.43. The van der Waals surface area contributed by atoms with Gasteiger partial charge in [-0.25, -0.2) is 0 Å². The first-order valence-corrected chi connectivity index (χ1v) is 13.6. The van der Waals surface area contributed by atoms with Crippen LogP contribution >= 0.6 is 11.3 Å². The second kappa shape index (κ2) is 9.57. The number of amides is 2. The summed E-state index contributed by atoms with van der Waals surface area (Å²) in [6.07, 6.45) is 8.57. The van der Waals surface area contributed by atoms with E-state index in [2.05, 4.69) is 52.5 Å². The van der Waals surface area contributed by atoms with E-state index < -0.39 is 5.54 Å². The van der Waals surface area contributed by atoms with Crippen molar-refractivity contribution in [3.63, 3.8) is 0 Å². The topological polar surface area (TPSA) is 54.3 Å². The van der Waals surface area contributed by atoms with Gasteiger partial charge in [-0.15, -0.1) is 11.3 Å². The summed E-state index contributed by atoms with van der Waals surface area (Å²) in [4.78, 5) is 29.7. The average Bonchev–Trinajstić information content (AvgIpc) is 3.33. The number of nitrogens with one attached hydrogen (secondary N) is 1. The van der Waals surface area contributed by atoms with E-state index in [4.69, 9.17) is 0 Å². The Labute approximate surface area is 206 Å². The number of carbonyl (C=O) groups excluding carboxylic acids is 2. The third-order valence-corrected chi connectivity index (χ3v) is 8.63. The zero-order valence-corrected chi connectivity index (χ0v) is 21.1. The number of rotatable bonds is 6. The van der Waals surface area contributed by atoms with Crippen LogP contribution in [0.25, 0.3) is 10.2 Å². The fourth-order valence-electron chi connectivity index (χ4n) is 5.84. The summed E-state index contributed by atoms with van der Waals surface area (Å²) < 4.78 is 3.18. The predicted octanol–water partition coefficient (Wildman–Crippen LogP) is 5.78. The molecule has 0 saturated heterocycles. The summed E-state index contributed by atoms with van der Waals surface area (Å²) in [5.41, 5.74) is 2.08. The Bertz CT molecular complexity index is 1160. The van der Waals surface area contributed by atoms with Crippen LogP contribution in [0.2, 0.25) is 0 Å². The van der Waals surface area contributed by atoms with Crippen LogP contribution in [-0.2, 0) is 17.8 Å². The normalized spacial score (nSPS) is 22.4. The van der Waals surface area contributed by atoms with E-state index in [1.54, 1.807) is 11.3 Å². The van der Waals surface area contributed by atoms with Crippen molar-refractivity contribution in [2.24, 2.45) is 0 Å². The lowest BCUT2D eigenvalue weighted by molar-refractivity contribution is -0.135. The van der Waals surface area contributed by atoms with Crippen molar-refractivity contribution in [2.45, 2.75) is 89.4 Å². The maximum Gasteiger partial charge on any atom is 0.271 e. The summed E-state index contributed by atoms with van der Waals surface area (Å²) in [7, 11) is 0. The highest BCUT2D eigenvalue weighted by molar-refractivity contribution is 7.17. The molecule has 2 atom stereocenters. The maximum atomic E-state index is 13.9. The van der Waals surface area contributed by atoms with Crippen LogP contribution in [0.15, 0.2) is 47.8 Å².